The third-order valence-electron chi connectivity index (χ3n) is 2.69. The van der Waals surface area contributed by atoms with Gasteiger partial charge >= 0.3 is 5.97 Å². The maximum absolute atomic E-state index is 12.0. The van der Waals surface area contributed by atoms with Crippen LogP contribution in [0.15, 0.2) is 0 Å². The molecular formula is C12H19NO4S. The summed E-state index contributed by atoms with van der Waals surface area (Å²) in [6.45, 7) is 2.48. The van der Waals surface area contributed by atoms with Crippen LogP contribution in [-0.2, 0) is 19.6 Å². The molecule has 0 bridgehead atoms. The van der Waals surface area contributed by atoms with Gasteiger partial charge in [-0.05, 0) is 25.7 Å². The molecular weight excluding hydrogens is 254 g/mol. The molecule has 1 fully saturated rings. The molecule has 0 aromatic carbocycles. The lowest BCUT2D eigenvalue weighted by Crippen LogP contribution is -2.35. The Morgan fingerprint density at radius 2 is 2.17 bits per heavy atom. The van der Waals surface area contributed by atoms with E-state index in [0.29, 0.717) is 12.5 Å². The molecule has 0 atom stereocenters. The third kappa shape index (κ3) is 5.07. The minimum atomic E-state index is -3.46. The third-order valence-corrected chi connectivity index (χ3v) is 4.47. The normalized spacial score (nSPS) is 15.4. The molecule has 0 spiro atoms. The number of nitrogens with zero attached hydrogens (tertiary/aromatic N) is 1. The number of carbonyl (C=O) groups is 1. The molecule has 1 aliphatic rings. The van der Waals surface area contributed by atoms with Gasteiger partial charge in [-0.1, -0.05) is 5.92 Å². The quantitative estimate of drug-likeness (QED) is 0.480. The minimum absolute atomic E-state index is 0.0711. The highest BCUT2D eigenvalue weighted by Crippen LogP contribution is 2.30. The fourth-order valence-corrected chi connectivity index (χ4v) is 2.93. The standard InChI is InChI=1S/C12H19NO4S/c1-3-8-13(10-11-5-6-11)18(15,16)9-7-12(14)17-4-2/h1,11H,4-10H2,2H3. The van der Waals surface area contributed by atoms with Crippen LogP contribution in [0, 0.1) is 18.3 Å². The fraction of sp³-hybridized carbons (Fsp3) is 0.750. The van der Waals surface area contributed by atoms with Gasteiger partial charge in [-0.15, -0.1) is 6.42 Å². The smallest absolute Gasteiger partial charge is 0.306 e. The van der Waals surface area contributed by atoms with Gasteiger partial charge < -0.3 is 4.74 Å². The molecule has 102 valence electrons. The Bertz CT molecular complexity index is 420. The van der Waals surface area contributed by atoms with E-state index >= 15 is 0 Å². The van der Waals surface area contributed by atoms with Crippen LogP contribution in [0.2, 0.25) is 0 Å². The molecule has 0 aliphatic heterocycles. The van der Waals surface area contributed by atoms with Gasteiger partial charge in [-0.3, -0.25) is 4.79 Å². The van der Waals surface area contributed by atoms with Crippen molar-refractivity contribution in [2.75, 3.05) is 25.4 Å². The van der Waals surface area contributed by atoms with Crippen LogP contribution in [0.4, 0.5) is 0 Å². The van der Waals surface area contributed by atoms with Crippen LogP contribution in [0.25, 0.3) is 0 Å². The van der Waals surface area contributed by atoms with Crippen molar-refractivity contribution in [1.82, 2.24) is 4.31 Å². The highest BCUT2D eigenvalue weighted by atomic mass is 32.2. The molecule has 1 aliphatic carbocycles. The summed E-state index contributed by atoms with van der Waals surface area (Å²) >= 11 is 0. The Kier molecular flexibility index (Phi) is 5.63. The molecule has 1 saturated carbocycles. The largest absolute Gasteiger partial charge is 0.466 e. The van der Waals surface area contributed by atoms with Gasteiger partial charge in [0.15, 0.2) is 0 Å². The van der Waals surface area contributed by atoms with Crippen molar-refractivity contribution in [2.24, 2.45) is 5.92 Å². The van der Waals surface area contributed by atoms with Gasteiger partial charge in [0.2, 0.25) is 10.0 Å². The number of esters is 1. The summed E-state index contributed by atoms with van der Waals surface area (Å²) in [7, 11) is -3.46. The van der Waals surface area contributed by atoms with Gasteiger partial charge in [-0.25, -0.2) is 8.42 Å². The first-order valence-electron chi connectivity index (χ1n) is 6.06. The molecule has 0 saturated heterocycles. The molecule has 0 aromatic rings. The molecule has 0 N–H and O–H groups in total. The summed E-state index contributed by atoms with van der Waals surface area (Å²) in [6.07, 6.45) is 7.16. The average Bonchev–Trinajstić information content (AvgIpc) is 3.10. The first kappa shape index (κ1) is 15.0. The predicted octanol–water partition coefficient (Wildman–Crippen LogP) is 0.615. The zero-order valence-electron chi connectivity index (χ0n) is 10.6. The Balaban J connectivity index is 2.52. The molecule has 18 heavy (non-hydrogen) atoms. The van der Waals surface area contributed by atoms with Gasteiger partial charge in [0.05, 0.1) is 25.3 Å². The molecule has 0 amide bonds. The van der Waals surface area contributed by atoms with Gasteiger partial charge in [0, 0.05) is 6.54 Å². The zero-order valence-corrected chi connectivity index (χ0v) is 11.4. The van der Waals surface area contributed by atoms with E-state index in [1.165, 1.54) is 4.31 Å². The lowest BCUT2D eigenvalue weighted by Gasteiger charge is -2.19. The summed E-state index contributed by atoms with van der Waals surface area (Å²) in [5.41, 5.74) is 0. The van der Waals surface area contributed by atoms with E-state index in [-0.39, 0.29) is 25.3 Å². The number of sulfonamides is 1. The van der Waals surface area contributed by atoms with E-state index in [4.69, 9.17) is 11.2 Å². The van der Waals surface area contributed by atoms with Crippen LogP contribution in [0.3, 0.4) is 0 Å². The minimum Gasteiger partial charge on any atom is -0.466 e. The maximum Gasteiger partial charge on any atom is 0.306 e. The van der Waals surface area contributed by atoms with Crippen molar-refractivity contribution in [2.45, 2.75) is 26.2 Å². The van der Waals surface area contributed by atoms with Gasteiger partial charge in [0.25, 0.3) is 0 Å². The summed E-state index contributed by atoms with van der Waals surface area (Å²) < 4.78 is 30.0. The number of ether oxygens (including phenoxy) is 1. The van der Waals surface area contributed by atoms with Crippen LogP contribution in [-0.4, -0.2) is 44.1 Å². The number of hydrogen-bond acceptors (Lipinski definition) is 4. The molecule has 0 unspecified atom stereocenters. The van der Waals surface area contributed by atoms with Crippen molar-refractivity contribution >= 4 is 16.0 Å². The van der Waals surface area contributed by atoms with Crippen molar-refractivity contribution in [1.29, 1.82) is 0 Å². The van der Waals surface area contributed by atoms with Crippen molar-refractivity contribution < 1.29 is 17.9 Å². The molecule has 0 aromatic heterocycles. The van der Waals surface area contributed by atoms with Crippen molar-refractivity contribution in [3.63, 3.8) is 0 Å². The second-order valence-electron chi connectivity index (χ2n) is 4.31. The van der Waals surface area contributed by atoms with Crippen molar-refractivity contribution in [3.8, 4) is 12.3 Å². The second kappa shape index (κ2) is 6.76. The van der Waals surface area contributed by atoms with E-state index in [2.05, 4.69) is 5.92 Å². The first-order chi connectivity index (χ1) is 8.49. The zero-order chi connectivity index (χ0) is 13.6. The highest BCUT2D eigenvalue weighted by Gasteiger charge is 2.30. The molecule has 0 radical (unpaired) electrons. The van der Waals surface area contributed by atoms with E-state index < -0.39 is 16.0 Å². The van der Waals surface area contributed by atoms with E-state index in [1.807, 2.05) is 0 Å². The number of hydrogen-bond donors (Lipinski definition) is 0. The lowest BCUT2D eigenvalue weighted by molar-refractivity contribution is -0.142. The molecule has 1 rings (SSSR count). The summed E-state index contributed by atoms with van der Waals surface area (Å²) in [5, 5.41) is 0. The topological polar surface area (TPSA) is 63.7 Å². The average molecular weight is 273 g/mol. The number of carbonyl (C=O) groups excluding carboxylic acids is 1. The highest BCUT2D eigenvalue weighted by molar-refractivity contribution is 7.89. The number of terminal acetylenes is 1. The van der Waals surface area contributed by atoms with Crippen molar-refractivity contribution in [3.05, 3.63) is 0 Å². The summed E-state index contributed by atoms with van der Waals surface area (Å²) in [4.78, 5) is 11.2. The fourth-order valence-electron chi connectivity index (χ4n) is 1.54. The second-order valence-corrected chi connectivity index (χ2v) is 6.40. The Morgan fingerprint density at radius 1 is 1.50 bits per heavy atom. The van der Waals surface area contributed by atoms with Crippen LogP contribution >= 0.6 is 0 Å². The van der Waals surface area contributed by atoms with Gasteiger partial charge in [0.1, 0.15) is 0 Å². The van der Waals surface area contributed by atoms with Gasteiger partial charge in [-0.2, -0.15) is 4.31 Å². The summed E-state index contributed by atoms with van der Waals surface area (Å²) in [6, 6.07) is 0. The van der Waals surface area contributed by atoms with Crippen LogP contribution < -0.4 is 0 Å². The maximum atomic E-state index is 12.0. The summed E-state index contributed by atoms with van der Waals surface area (Å²) in [5.74, 6) is 2.05. The lowest BCUT2D eigenvalue weighted by atomic mass is 10.4. The SMILES string of the molecule is C#CCN(CC1CC1)S(=O)(=O)CCC(=O)OCC. The Hall–Kier alpha value is -1.06. The molecule has 6 heteroatoms. The van der Waals surface area contributed by atoms with E-state index in [1.54, 1.807) is 6.92 Å². The first-order valence-corrected chi connectivity index (χ1v) is 7.67. The number of rotatable bonds is 8. The molecule has 5 nitrogen and oxygen atoms in total. The van der Waals surface area contributed by atoms with Crippen LogP contribution in [0.1, 0.15) is 26.2 Å². The monoisotopic (exact) mass is 273 g/mol. The van der Waals surface area contributed by atoms with E-state index in [9.17, 15) is 13.2 Å². The molecule has 0 heterocycles. The predicted molar refractivity (Wildman–Crippen MR) is 68.2 cm³/mol. The Morgan fingerprint density at radius 3 is 2.67 bits per heavy atom. The Labute approximate surface area is 109 Å². The van der Waals surface area contributed by atoms with E-state index in [0.717, 1.165) is 12.8 Å². The van der Waals surface area contributed by atoms with Crippen LogP contribution in [0.5, 0.6) is 0 Å².